The van der Waals surface area contributed by atoms with Gasteiger partial charge in [0.05, 0.1) is 0 Å². The van der Waals surface area contributed by atoms with Crippen molar-refractivity contribution in [3.8, 4) is 0 Å². The van der Waals surface area contributed by atoms with Crippen LogP contribution in [0.5, 0.6) is 0 Å². The van der Waals surface area contributed by atoms with Crippen LogP contribution in [0.3, 0.4) is 0 Å². The van der Waals surface area contributed by atoms with E-state index in [-0.39, 0.29) is 17.6 Å². The normalized spacial score (nSPS) is 19.9. The van der Waals surface area contributed by atoms with E-state index in [1.165, 1.54) is 12.1 Å². The third-order valence-corrected chi connectivity index (χ3v) is 5.80. The Morgan fingerprint density at radius 1 is 1.18 bits per heavy atom. The topological polar surface area (TPSA) is 63.1 Å². The molecule has 7 heteroatoms. The van der Waals surface area contributed by atoms with E-state index in [0.29, 0.717) is 6.42 Å². The zero-order valence-electron chi connectivity index (χ0n) is 16.2. The molecule has 150 valence electrons. The third-order valence-electron chi connectivity index (χ3n) is 5.80. The van der Waals surface area contributed by atoms with Crippen LogP contribution in [-0.2, 0) is 24.2 Å². The summed E-state index contributed by atoms with van der Waals surface area (Å²) in [6.45, 7) is 4.35. The molecule has 2 aliphatic heterocycles. The van der Waals surface area contributed by atoms with Gasteiger partial charge in [0.2, 0.25) is 5.91 Å². The molecule has 1 aromatic carbocycles. The Labute approximate surface area is 165 Å². The van der Waals surface area contributed by atoms with Crippen LogP contribution < -0.4 is 5.32 Å². The van der Waals surface area contributed by atoms with Crippen LogP contribution in [0.4, 0.5) is 4.39 Å². The van der Waals surface area contributed by atoms with E-state index in [0.717, 1.165) is 82.0 Å². The molecule has 6 nitrogen and oxygen atoms in total. The number of benzene rings is 1. The van der Waals surface area contributed by atoms with Gasteiger partial charge in [-0.05, 0) is 43.4 Å². The molecule has 2 aliphatic rings. The summed E-state index contributed by atoms with van der Waals surface area (Å²) in [5, 5.41) is 12.3. The minimum atomic E-state index is -0.221. The summed E-state index contributed by atoms with van der Waals surface area (Å²) in [6, 6.07) is 6.54. The van der Waals surface area contributed by atoms with Crippen LogP contribution in [0.25, 0.3) is 0 Å². The van der Waals surface area contributed by atoms with Crippen LogP contribution in [-0.4, -0.2) is 51.8 Å². The Balaban J connectivity index is 1.32. The highest BCUT2D eigenvalue weighted by atomic mass is 19.1. The van der Waals surface area contributed by atoms with Gasteiger partial charge in [0.1, 0.15) is 17.5 Å². The smallest absolute Gasteiger partial charge is 0.222 e. The molecule has 0 unspecified atom stereocenters. The second-order valence-corrected chi connectivity index (χ2v) is 7.78. The first-order valence-electron chi connectivity index (χ1n) is 10.4. The molecule has 1 amide bonds. The van der Waals surface area contributed by atoms with Gasteiger partial charge in [-0.2, -0.15) is 0 Å². The lowest BCUT2D eigenvalue weighted by Gasteiger charge is -2.32. The fourth-order valence-corrected chi connectivity index (χ4v) is 4.26. The highest BCUT2D eigenvalue weighted by Crippen LogP contribution is 2.27. The quantitative estimate of drug-likeness (QED) is 0.858. The van der Waals surface area contributed by atoms with Crippen molar-refractivity contribution in [3.05, 3.63) is 47.3 Å². The Kier molecular flexibility index (Phi) is 6.00. The molecule has 1 N–H and O–H groups in total. The maximum absolute atomic E-state index is 13.0. The number of amides is 1. The van der Waals surface area contributed by atoms with E-state index >= 15 is 0 Å². The molecule has 2 aromatic rings. The van der Waals surface area contributed by atoms with E-state index in [1.807, 2.05) is 4.90 Å². The average molecular weight is 385 g/mol. The van der Waals surface area contributed by atoms with Crippen LogP contribution in [0, 0.1) is 5.82 Å². The lowest BCUT2D eigenvalue weighted by atomic mass is 9.96. The van der Waals surface area contributed by atoms with E-state index in [4.69, 9.17) is 0 Å². The summed E-state index contributed by atoms with van der Waals surface area (Å²) >= 11 is 0. The molecule has 4 rings (SSSR count). The van der Waals surface area contributed by atoms with Crippen molar-refractivity contribution in [2.75, 3.05) is 26.2 Å². The molecule has 1 aromatic heterocycles. The minimum Gasteiger partial charge on any atom is -0.342 e. The van der Waals surface area contributed by atoms with Gasteiger partial charge in [-0.3, -0.25) is 4.79 Å². The SMILES string of the molecule is O=C(CCCc1ccc(F)cc1)N1CCC[C@@H](c2nnc3n2CCNCC3)C1. The molecular weight excluding hydrogens is 357 g/mol. The van der Waals surface area contributed by atoms with Crippen molar-refractivity contribution in [3.63, 3.8) is 0 Å². The Morgan fingerprint density at radius 2 is 2.04 bits per heavy atom. The van der Waals surface area contributed by atoms with Crippen LogP contribution in [0.2, 0.25) is 0 Å². The van der Waals surface area contributed by atoms with Gasteiger partial charge in [-0.1, -0.05) is 12.1 Å². The molecule has 1 fully saturated rings. The number of nitrogens with one attached hydrogen (secondary N) is 1. The number of aromatic nitrogens is 3. The number of aryl methyl sites for hydroxylation is 1. The van der Waals surface area contributed by atoms with Gasteiger partial charge < -0.3 is 14.8 Å². The van der Waals surface area contributed by atoms with E-state index < -0.39 is 0 Å². The number of halogens is 1. The number of hydrogen-bond donors (Lipinski definition) is 1. The van der Waals surface area contributed by atoms with Gasteiger partial charge in [0.25, 0.3) is 0 Å². The standard InChI is InChI=1S/C21H28FN5O/c22-18-8-6-16(7-9-18)3-1-5-20(28)26-13-2-4-17(15-26)21-25-24-19-10-11-23-12-14-27(19)21/h6-9,17,23H,1-5,10-15H2/t17-/m1/s1. The van der Waals surface area contributed by atoms with Gasteiger partial charge in [-0.15, -0.1) is 10.2 Å². The summed E-state index contributed by atoms with van der Waals surface area (Å²) < 4.78 is 15.2. The Morgan fingerprint density at radius 3 is 2.89 bits per heavy atom. The van der Waals surface area contributed by atoms with Crippen LogP contribution in [0.15, 0.2) is 24.3 Å². The predicted molar refractivity (Wildman–Crippen MR) is 104 cm³/mol. The number of piperidine rings is 1. The van der Waals surface area contributed by atoms with Gasteiger partial charge in [0.15, 0.2) is 0 Å². The maximum atomic E-state index is 13.0. The number of rotatable bonds is 5. The largest absolute Gasteiger partial charge is 0.342 e. The van der Waals surface area contributed by atoms with Crippen LogP contribution in [0.1, 0.15) is 48.8 Å². The highest BCUT2D eigenvalue weighted by molar-refractivity contribution is 5.76. The number of likely N-dealkylation sites (tertiary alicyclic amines) is 1. The van der Waals surface area contributed by atoms with Gasteiger partial charge in [-0.25, -0.2) is 4.39 Å². The molecule has 0 radical (unpaired) electrons. The Hall–Kier alpha value is -2.28. The molecule has 0 saturated carbocycles. The number of hydrogen-bond acceptors (Lipinski definition) is 4. The lowest BCUT2D eigenvalue weighted by molar-refractivity contribution is -0.132. The van der Waals surface area contributed by atoms with Crippen LogP contribution >= 0.6 is 0 Å². The molecule has 1 saturated heterocycles. The van der Waals surface area contributed by atoms with Crippen molar-refractivity contribution in [1.82, 2.24) is 25.0 Å². The molecule has 28 heavy (non-hydrogen) atoms. The van der Waals surface area contributed by atoms with Crippen molar-refractivity contribution in [1.29, 1.82) is 0 Å². The summed E-state index contributed by atoms with van der Waals surface area (Å²) in [7, 11) is 0. The summed E-state index contributed by atoms with van der Waals surface area (Å²) in [6.07, 6.45) is 5.10. The molecule has 0 bridgehead atoms. The highest BCUT2D eigenvalue weighted by Gasteiger charge is 2.29. The number of carbonyl (C=O) groups excluding carboxylic acids is 1. The zero-order chi connectivity index (χ0) is 19.3. The van der Waals surface area contributed by atoms with Crippen molar-refractivity contribution in [2.24, 2.45) is 0 Å². The monoisotopic (exact) mass is 385 g/mol. The second-order valence-electron chi connectivity index (χ2n) is 7.78. The van der Waals surface area contributed by atoms with E-state index in [1.54, 1.807) is 12.1 Å². The fourth-order valence-electron chi connectivity index (χ4n) is 4.26. The fraction of sp³-hybridized carbons (Fsp3) is 0.571. The summed E-state index contributed by atoms with van der Waals surface area (Å²) in [5.74, 6) is 2.37. The van der Waals surface area contributed by atoms with E-state index in [2.05, 4.69) is 20.1 Å². The first-order chi connectivity index (χ1) is 13.7. The molecule has 3 heterocycles. The van der Waals surface area contributed by atoms with Crippen molar-refractivity contribution >= 4 is 5.91 Å². The third kappa shape index (κ3) is 4.41. The molecule has 1 atom stereocenters. The average Bonchev–Trinajstić information content (AvgIpc) is 2.98. The van der Waals surface area contributed by atoms with E-state index in [9.17, 15) is 9.18 Å². The second kappa shape index (κ2) is 8.82. The zero-order valence-corrected chi connectivity index (χ0v) is 16.2. The number of carbonyl (C=O) groups is 1. The molecule has 0 spiro atoms. The molecular formula is C21H28FN5O. The first kappa shape index (κ1) is 19.1. The maximum Gasteiger partial charge on any atom is 0.222 e. The van der Waals surface area contributed by atoms with Gasteiger partial charge >= 0.3 is 0 Å². The summed E-state index contributed by atoms with van der Waals surface area (Å²) in [4.78, 5) is 14.7. The number of nitrogens with zero attached hydrogens (tertiary/aromatic N) is 4. The summed E-state index contributed by atoms with van der Waals surface area (Å²) in [5.41, 5.74) is 1.07. The number of fused-ring (bicyclic) bond motifs is 1. The minimum absolute atomic E-state index is 0.212. The van der Waals surface area contributed by atoms with Crippen molar-refractivity contribution < 1.29 is 9.18 Å². The molecule has 0 aliphatic carbocycles. The predicted octanol–water partition coefficient (Wildman–Crippen LogP) is 2.29. The first-order valence-corrected chi connectivity index (χ1v) is 10.4. The Bertz CT molecular complexity index is 804. The lowest BCUT2D eigenvalue weighted by Crippen LogP contribution is -2.39. The van der Waals surface area contributed by atoms with Gasteiger partial charge in [0, 0.05) is 51.5 Å². The van der Waals surface area contributed by atoms with Crippen molar-refractivity contribution in [2.45, 2.75) is 51.0 Å².